The molecule has 6 heteroatoms. The van der Waals surface area contributed by atoms with E-state index in [9.17, 15) is 4.39 Å². The topological polar surface area (TPSA) is 51.0 Å². The summed E-state index contributed by atoms with van der Waals surface area (Å²) in [6.45, 7) is 2.10. The maximum Gasteiger partial charge on any atom is 0.226 e. The van der Waals surface area contributed by atoms with E-state index < -0.39 is 0 Å². The van der Waals surface area contributed by atoms with Crippen LogP contribution in [0.15, 0.2) is 22.7 Å². The lowest BCUT2D eigenvalue weighted by molar-refractivity contribution is 0.312. The highest BCUT2D eigenvalue weighted by atomic mass is 35.5. The van der Waals surface area contributed by atoms with Crippen LogP contribution in [0.4, 0.5) is 4.39 Å². The second-order valence-corrected chi connectivity index (χ2v) is 5.82. The lowest BCUT2D eigenvalue weighted by Crippen LogP contribution is -2.28. The molecule has 0 bridgehead atoms. The molecular formula is C15H17ClFN3O. The summed E-state index contributed by atoms with van der Waals surface area (Å²) in [5.41, 5.74) is 0.798. The van der Waals surface area contributed by atoms with Crippen molar-refractivity contribution >= 4 is 11.6 Å². The van der Waals surface area contributed by atoms with Crippen molar-refractivity contribution in [2.45, 2.75) is 25.7 Å². The summed E-state index contributed by atoms with van der Waals surface area (Å²) in [5, 5.41) is 7.71. The first-order valence-electron chi connectivity index (χ1n) is 7.17. The summed E-state index contributed by atoms with van der Waals surface area (Å²) < 4.78 is 18.3. The summed E-state index contributed by atoms with van der Waals surface area (Å²) in [6.07, 6.45) is 3.56. The summed E-state index contributed by atoms with van der Waals surface area (Å²) in [6, 6.07) is 4.34. The third-order valence-electron chi connectivity index (χ3n) is 3.80. The lowest BCUT2D eigenvalue weighted by atomic mass is 9.95. The van der Waals surface area contributed by atoms with E-state index in [1.807, 2.05) is 0 Å². The molecular weight excluding hydrogens is 293 g/mol. The van der Waals surface area contributed by atoms with E-state index in [2.05, 4.69) is 15.5 Å². The van der Waals surface area contributed by atoms with Gasteiger partial charge in [-0.15, -0.1) is 0 Å². The number of piperidine rings is 1. The zero-order valence-corrected chi connectivity index (χ0v) is 12.4. The van der Waals surface area contributed by atoms with E-state index in [1.165, 1.54) is 12.1 Å². The van der Waals surface area contributed by atoms with Crippen LogP contribution in [-0.2, 0) is 12.8 Å². The SMILES string of the molecule is Fc1ccc(Cc2noc(CC3CCNCC3)n2)c(Cl)c1. The van der Waals surface area contributed by atoms with Gasteiger partial charge in [0.15, 0.2) is 5.82 Å². The van der Waals surface area contributed by atoms with Crippen molar-refractivity contribution in [3.8, 4) is 0 Å². The Balaban J connectivity index is 1.64. The van der Waals surface area contributed by atoms with E-state index in [0.717, 1.165) is 37.9 Å². The van der Waals surface area contributed by atoms with Crippen LogP contribution in [0.5, 0.6) is 0 Å². The Morgan fingerprint density at radius 1 is 1.33 bits per heavy atom. The molecule has 0 atom stereocenters. The van der Waals surface area contributed by atoms with Gasteiger partial charge in [-0.2, -0.15) is 4.98 Å². The molecule has 0 aliphatic carbocycles. The summed E-state index contributed by atoms with van der Waals surface area (Å²) in [4.78, 5) is 4.41. The number of nitrogens with one attached hydrogen (secondary N) is 1. The Bertz CT molecular complexity index is 611. The average molecular weight is 310 g/mol. The highest BCUT2D eigenvalue weighted by molar-refractivity contribution is 6.31. The maximum atomic E-state index is 13.0. The average Bonchev–Trinajstić information content (AvgIpc) is 2.90. The molecule has 0 unspecified atom stereocenters. The third-order valence-corrected chi connectivity index (χ3v) is 4.15. The molecule has 0 spiro atoms. The van der Waals surface area contributed by atoms with Gasteiger partial charge in [0.2, 0.25) is 5.89 Å². The van der Waals surface area contributed by atoms with Crippen LogP contribution in [0, 0.1) is 11.7 Å². The molecule has 4 nitrogen and oxygen atoms in total. The molecule has 0 saturated carbocycles. The van der Waals surface area contributed by atoms with Gasteiger partial charge in [0.1, 0.15) is 5.82 Å². The number of benzene rings is 1. The zero-order chi connectivity index (χ0) is 14.7. The molecule has 2 aromatic rings. The highest BCUT2D eigenvalue weighted by Crippen LogP contribution is 2.21. The Morgan fingerprint density at radius 2 is 2.14 bits per heavy atom. The second-order valence-electron chi connectivity index (χ2n) is 5.41. The Kier molecular flexibility index (Phi) is 4.51. The van der Waals surface area contributed by atoms with Gasteiger partial charge in [-0.1, -0.05) is 22.8 Å². The fourth-order valence-corrected chi connectivity index (χ4v) is 2.85. The Morgan fingerprint density at radius 3 is 2.90 bits per heavy atom. The predicted octanol–water partition coefficient (Wildman–Crippen LogP) is 3.00. The highest BCUT2D eigenvalue weighted by Gasteiger charge is 2.17. The number of hydrogen-bond donors (Lipinski definition) is 1. The molecule has 0 amide bonds. The monoisotopic (exact) mass is 309 g/mol. The normalized spacial score (nSPS) is 16.3. The first-order valence-corrected chi connectivity index (χ1v) is 7.54. The van der Waals surface area contributed by atoms with Crippen LogP contribution in [-0.4, -0.2) is 23.2 Å². The third kappa shape index (κ3) is 3.80. The standard InChI is InChI=1S/C15H17ClFN3O/c16-13-9-12(17)2-1-11(13)8-14-19-15(21-20-14)7-10-3-5-18-6-4-10/h1-2,9-10,18H,3-8H2. The van der Waals surface area contributed by atoms with Crippen molar-refractivity contribution in [2.75, 3.05) is 13.1 Å². The Hall–Kier alpha value is -1.46. The maximum absolute atomic E-state index is 13.0. The number of halogens is 2. The fourth-order valence-electron chi connectivity index (χ4n) is 2.61. The van der Waals surface area contributed by atoms with Gasteiger partial charge in [0.05, 0.1) is 0 Å². The molecule has 1 aromatic heterocycles. The van der Waals surface area contributed by atoms with Gasteiger partial charge in [-0.05, 0) is 49.5 Å². The van der Waals surface area contributed by atoms with Crippen molar-refractivity contribution in [3.63, 3.8) is 0 Å². The van der Waals surface area contributed by atoms with Gasteiger partial charge < -0.3 is 9.84 Å². The molecule has 1 saturated heterocycles. The smallest absolute Gasteiger partial charge is 0.226 e. The summed E-state index contributed by atoms with van der Waals surface area (Å²) in [5.74, 6) is 1.53. The number of rotatable bonds is 4. The fraction of sp³-hybridized carbons (Fsp3) is 0.467. The number of nitrogens with zero attached hydrogens (tertiary/aromatic N) is 2. The van der Waals surface area contributed by atoms with E-state index >= 15 is 0 Å². The zero-order valence-electron chi connectivity index (χ0n) is 11.6. The molecule has 1 fully saturated rings. The molecule has 1 aliphatic rings. The number of aromatic nitrogens is 2. The van der Waals surface area contributed by atoms with Crippen LogP contribution in [0.1, 0.15) is 30.1 Å². The van der Waals surface area contributed by atoms with E-state index in [0.29, 0.717) is 29.1 Å². The van der Waals surface area contributed by atoms with Crippen molar-refractivity contribution in [1.82, 2.24) is 15.5 Å². The van der Waals surface area contributed by atoms with Crippen LogP contribution < -0.4 is 5.32 Å². The van der Waals surface area contributed by atoms with Gasteiger partial charge in [0, 0.05) is 17.9 Å². The van der Waals surface area contributed by atoms with Gasteiger partial charge in [-0.3, -0.25) is 0 Å². The summed E-state index contributed by atoms with van der Waals surface area (Å²) in [7, 11) is 0. The summed E-state index contributed by atoms with van der Waals surface area (Å²) >= 11 is 6.01. The van der Waals surface area contributed by atoms with Gasteiger partial charge in [-0.25, -0.2) is 4.39 Å². The molecule has 1 aliphatic heterocycles. The largest absolute Gasteiger partial charge is 0.339 e. The van der Waals surface area contributed by atoms with Crippen LogP contribution in [0.3, 0.4) is 0 Å². The molecule has 2 heterocycles. The van der Waals surface area contributed by atoms with Crippen LogP contribution >= 0.6 is 11.6 Å². The van der Waals surface area contributed by atoms with Crippen LogP contribution in [0.25, 0.3) is 0 Å². The van der Waals surface area contributed by atoms with E-state index in [4.69, 9.17) is 16.1 Å². The minimum atomic E-state index is -0.344. The number of hydrogen-bond acceptors (Lipinski definition) is 4. The van der Waals surface area contributed by atoms with Crippen molar-refractivity contribution in [1.29, 1.82) is 0 Å². The first kappa shape index (κ1) is 14.5. The minimum Gasteiger partial charge on any atom is -0.339 e. The van der Waals surface area contributed by atoms with Crippen molar-refractivity contribution in [2.24, 2.45) is 5.92 Å². The second kappa shape index (κ2) is 6.54. The predicted molar refractivity (Wildman–Crippen MR) is 77.8 cm³/mol. The van der Waals surface area contributed by atoms with Gasteiger partial charge in [0.25, 0.3) is 0 Å². The molecule has 112 valence electrons. The molecule has 0 radical (unpaired) electrons. The lowest BCUT2D eigenvalue weighted by Gasteiger charge is -2.20. The quantitative estimate of drug-likeness (QED) is 0.943. The van der Waals surface area contributed by atoms with E-state index in [1.54, 1.807) is 6.07 Å². The Labute approximate surface area is 127 Å². The van der Waals surface area contributed by atoms with E-state index in [-0.39, 0.29) is 5.82 Å². The molecule has 3 rings (SSSR count). The molecule has 21 heavy (non-hydrogen) atoms. The first-order chi connectivity index (χ1) is 10.2. The van der Waals surface area contributed by atoms with Crippen LogP contribution in [0.2, 0.25) is 5.02 Å². The van der Waals surface area contributed by atoms with Crippen molar-refractivity contribution < 1.29 is 8.91 Å². The molecule has 1 N–H and O–H groups in total. The molecule has 1 aromatic carbocycles. The van der Waals surface area contributed by atoms with Crippen molar-refractivity contribution in [3.05, 3.63) is 46.3 Å². The minimum absolute atomic E-state index is 0.344. The van der Waals surface area contributed by atoms with Gasteiger partial charge >= 0.3 is 0 Å².